The maximum absolute atomic E-state index is 12.0. The summed E-state index contributed by atoms with van der Waals surface area (Å²) in [5, 5.41) is 6.76. The van der Waals surface area contributed by atoms with E-state index in [2.05, 4.69) is 15.5 Å². The van der Waals surface area contributed by atoms with Crippen LogP contribution < -0.4 is 10.9 Å². The van der Waals surface area contributed by atoms with Crippen LogP contribution in [0.2, 0.25) is 0 Å². The predicted octanol–water partition coefficient (Wildman–Crippen LogP) is 2.40. The second kappa shape index (κ2) is 7.35. The van der Waals surface area contributed by atoms with Crippen LogP contribution in [-0.4, -0.2) is 26.7 Å². The van der Waals surface area contributed by atoms with Gasteiger partial charge in [0, 0.05) is 23.9 Å². The summed E-state index contributed by atoms with van der Waals surface area (Å²) < 4.78 is 6.66. The first-order valence-corrected chi connectivity index (χ1v) is 8.33. The van der Waals surface area contributed by atoms with E-state index < -0.39 is 0 Å². The van der Waals surface area contributed by atoms with Crippen molar-refractivity contribution in [1.82, 2.24) is 20.0 Å². The Labute approximate surface area is 150 Å². The molecule has 26 heavy (non-hydrogen) atoms. The molecule has 7 nitrogen and oxygen atoms in total. The molecule has 0 unspecified atom stereocenters. The van der Waals surface area contributed by atoms with Gasteiger partial charge in [0.15, 0.2) is 0 Å². The normalized spacial score (nSPS) is 10.9. The van der Waals surface area contributed by atoms with E-state index in [-0.39, 0.29) is 24.1 Å². The van der Waals surface area contributed by atoms with Crippen molar-refractivity contribution < 1.29 is 9.32 Å². The van der Waals surface area contributed by atoms with Crippen LogP contribution in [0.5, 0.6) is 0 Å². The average Bonchev–Trinajstić information content (AvgIpc) is 3.06. The van der Waals surface area contributed by atoms with Gasteiger partial charge in [0.2, 0.25) is 11.7 Å². The van der Waals surface area contributed by atoms with Crippen molar-refractivity contribution in [3.05, 3.63) is 58.5 Å². The van der Waals surface area contributed by atoms with Crippen LogP contribution in [0.25, 0.3) is 22.8 Å². The van der Waals surface area contributed by atoms with E-state index in [0.29, 0.717) is 17.3 Å². The quantitative estimate of drug-likeness (QED) is 0.761. The van der Waals surface area contributed by atoms with Gasteiger partial charge in [-0.1, -0.05) is 28.9 Å². The topological polar surface area (TPSA) is 90.0 Å². The summed E-state index contributed by atoms with van der Waals surface area (Å²) in [5.74, 6) is 0.531. The van der Waals surface area contributed by atoms with Crippen molar-refractivity contribution in [3.8, 4) is 22.8 Å². The summed E-state index contributed by atoms with van der Waals surface area (Å²) in [5.41, 5.74) is 2.25. The predicted molar refractivity (Wildman–Crippen MR) is 97.4 cm³/mol. The smallest absolute Gasteiger partial charge is 0.259 e. The Morgan fingerprint density at radius 2 is 2.04 bits per heavy atom. The standard InChI is InChI=1S/C19H20N4O3/c1-12(2)20-16(24)11-23-10-15(7-8-17(23)25)19-21-18(22-26-19)14-6-4-5-13(3)9-14/h4-10,12H,11H2,1-3H3,(H,20,24). The molecule has 0 saturated carbocycles. The van der Waals surface area contributed by atoms with Crippen LogP contribution >= 0.6 is 0 Å². The van der Waals surface area contributed by atoms with Crippen LogP contribution in [0.4, 0.5) is 0 Å². The Hall–Kier alpha value is -3.22. The van der Waals surface area contributed by atoms with Crippen molar-refractivity contribution in [2.45, 2.75) is 33.4 Å². The zero-order valence-electron chi connectivity index (χ0n) is 14.9. The first-order valence-electron chi connectivity index (χ1n) is 8.33. The van der Waals surface area contributed by atoms with Crippen molar-refractivity contribution in [2.75, 3.05) is 0 Å². The zero-order chi connectivity index (χ0) is 18.7. The summed E-state index contributed by atoms with van der Waals surface area (Å²) in [6.07, 6.45) is 1.55. The number of carbonyl (C=O) groups excluding carboxylic acids is 1. The molecule has 1 amide bonds. The minimum atomic E-state index is -0.272. The van der Waals surface area contributed by atoms with Crippen LogP contribution in [-0.2, 0) is 11.3 Å². The van der Waals surface area contributed by atoms with E-state index in [1.807, 2.05) is 45.0 Å². The molecule has 0 atom stereocenters. The number of hydrogen-bond acceptors (Lipinski definition) is 5. The molecule has 2 aromatic heterocycles. The molecule has 0 saturated heterocycles. The van der Waals surface area contributed by atoms with Gasteiger partial charge in [-0.3, -0.25) is 9.59 Å². The largest absolute Gasteiger partial charge is 0.352 e. The molecule has 0 aliphatic carbocycles. The van der Waals surface area contributed by atoms with Crippen LogP contribution in [0.1, 0.15) is 19.4 Å². The van der Waals surface area contributed by atoms with Gasteiger partial charge in [0.05, 0.1) is 5.56 Å². The Kier molecular flexibility index (Phi) is 4.97. The number of rotatable bonds is 5. The molecule has 0 spiro atoms. The highest BCUT2D eigenvalue weighted by atomic mass is 16.5. The molecular formula is C19H20N4O3. The van der Waals surface area contributed by atoms with Gasteiger partial charge < -0.3 is 14.4 Å². The highest BCUT2D eigenvalue weighted by molar-refractivity contribution is 5.76. The fourth-order valence-electron chi connectivity index (χ4n) is 2.55. The van der Waals surface area contributed by atoms with Crippen LogP contribution in [0, 0.1) is 6.92 Å². The summed E-state index contributed by atoms with van der Waals surface area (Å²) in [4.78, 5) is 28.3. The Morgan fingerprint density at radius 3 is 2.77 bits per heavy atom. The lowest BCUT2D eigenvalue weighted by atomic mass is 10.1. The van der Waals surface area contributed by atoms with E-state index in [1.165, 1.54) is 10.6 Å². The Bertz CT molecular complexity index is 988. The molecule has 1 aromatic carbocycles. The molecule has 1 N–H and O–H groups in total. The third kappa shape index (κ3) is 4.05. The van der Waals surface area contributed by atoms with Crippen molar-refractivity contribution in [3.63, 3.8) is 0 Å². The van der Waals surface area contributed by atoms with E-state index in [9.17, 15) is 9.59 Å². The number of aryl methyl sites for hydroxylation is 1. The van der Waals surface area contributed by atoms with Gasteiger partial charge in [-0.15, -0.1) is 0 Å². The number of carbonyl (C=O) groups is 1. The molecule has 0 bridgehead atoms. The third-order valence-corrected chi connectivity index (χ3v) is 3.70. The van der Waals surface area contributed by atoms with Crippen molar-refractivity contribution in [2.24, 2.45) is 0 Å². The van der Waals surface area contributed by atoms with Crippen LogP contribution in [0.15, 0.2) is 51.9 Å². The van der Waals surface area contributed by atoms with E-state index >= 15 is 0 Å². The highest BCUT2D eigenvalue weighted by Crippen LogP contribution is 2.22. The number of pyridine rings is 1. The molecule has 7 heteroatoms. The van der Waals surface area contributed by atoms with Gasteiger partial charge >= 0.3 is 0 Å². The number of amides is 1. The molecule has 134 valence electrons. The second-order valence-corrected chi connectivity index (χ2v) is 6.40. The molecule has 0 radical (unpaired) electrons. The number of benzene rings is 1. The van der Waals surface area contributed by atoms with Gasteiger partial charge in [-0.25, -0.2) is 0 Å². The maximum atomic E-state index is 12.0. The summed E-state index contributed by atoms with van der Waals surface area (Å²) in [7, 11) is 0. The van der Waals surface area contributed by atoms with Gasteiger partial charge in [0.25, 0.3) is 11.4 Å². The summed E-state index contributed by atoms with van der Waals surface area (Å²) in [6, 6.07) is 10.8. The van der Waals surface area contributed by atoms with Gasteiger partial charge in [-0.05, 0) is 32.9 Å². The first-order chi connectivity index (χ1) is 12.4. The molecule has 3 rings (SSSR count). The molecular weight excluding hydrogens is 332 g/mol. The SMILES string of the molecule is Cc1cccc(-c2noc(-c3ccc(=O)n(CC(=O)NC(C)C)c3)n2)c1. The Morgan fingerprint density at radius 1 is 1.23 bits per heavy atom. The van der Waals surface area contributed by atoms with Gasteiger partial charge in [-0.2, -0.15) is 4.98 Å². The number of nitrogens with zero attached hydrogens (tertiary/aromatic N) is 3. The highest BCUT2D eigenvalue weighted by Gasteiger charge is 2.13. The lowest BCUT2D eigenvalue weighted by Gasteiger charge is -2.10. The van der Waals surface area contributed by atoms with Crippen LogP contribution in [0.3, 0.4) is 0 Å². The van der Waals surface area contributed by atoms with Crippen molar-refractivity contribution >= 4 is 5.91 Å². The third-order valence-electron chi connectivity index (χ3n) is 3.70. The zero-order valence-corrected chi connectivity index (χ0v) is 14.9. The minimum absolute atomic E-state index is 0.00853. The van der Waals surface area contributed by atoms with E-state index in [4.69, 9.17) is 4.52 Å². The maximum Gasteiger partial charge on any atom is 0.259 e. The monoisotopic (exact) mass is 352 g/mol. The lowest BCUT2D eigenvalue weighted by Crippen LogP contribution is -2.35. The van der Waals surface area contributed by atoms with Gasteiger partial charge in [0.1, 0.15) is 6.54 Å². The molecule has 2 heterocycles. The average molecular weight is 352 g/mol. The van der Waals surface area contributed by atoms with E-state index in [1.54, 1.807) is 12.3 Å². The molecule has 0 fully saturated rings. The Balaban J connectivity index is 1.87. The molecule has 0 aliphatic heterocycles. The second-order valence-electron chi connectivity index (χ2n) is 6.40. The number of aromatic nitrogens is 3. The first kappa shape index (κ1) is 17.6. The summed E-state index contributed by atoms with van der Waals surface area (Å²) in [6.45, 7) is 5.65. The fraction of sp³-hybridized carbons (Fsp3) is 0.263. The lowest BCUT2D eigenvalue weighted by molar-refractivity contribution is -0.122. The fourth-order valence-corrected chi connectivity index (χ4v) is 2.55. The van der Waals surface area contributed by atoms with E-state index in [0.717, 1.165) is 11.1 Å². The molecule has 0 aliphatic rings. The number of hydrogen-bond donors (Lipinski definition) is 1. The molecule has 3 aromatic rings. The summed E-state index contributed by atoms with van der Waals surface area (Å²) >= 11 is 0. The van der Waals surface area contributed by atoms with Crippen molar-refractivity contribution in [1.29, 1.82) is 0 Å². The number of nitrogens with one attached hydrogen (secondary N) is 1. The minimum Gasteiger partial charge on any atom is -0.352 e.